The zero-order valence-corrected chi connectivity index (χ0v) is 28.0. The molecule has 3 aromatic rings. The Labute approximate surface area is 282 Å². The van der Waals surface area contributed by atoms with E-state index in [9.17, 15) is 21.6 Å². The summed E-state index contributed by atoms with van der Waals surface area (Å²) in [7, 11) is -4.00. The number of primary sulfonamides is 1. The van der Waals surface area contributed by atoms with Crippen molar-refractivity contribution in [3.05, 3.63) is 46.8 Å². The van der Waals surface area contributed by atoms with Gasteiger partial charge in [-0.2, -0.15) is 18.4 Å². The molecule has 1 aromatic heterocycles. The summed E-state index contributed by atoms with van der Waals surface area (Å²) in [4.78, 5) is 2.78. The lowest BCUT2D eigenvalue weighted by Crippen LogP contribution is -2.62. The van der Waals surface area contributed by atoms with Gasteiger partial charge in [-0.1, -0.05) is 24.0 Å². The molecule has 0 radical (unpaired) electrons. The Hall–Kier alpha value is -3.53. The predicted octanol–water partition coefficient (Wildman–Crippen LogP) is 5.85. The predicted molar refractivity (Wildman–Crippen MR) is 180 cm³/mol. The molecule has 14 heteroatoms. The van der Waals surface area contributed by atoms with E-state index in [1.165, 1.54) is 29.5 Å². The highest BCUT2D eigenvalue weighted by Gasteiger charge is 2.46. The van der Waals surface area contributed by atoms with Crippen molar-refractivity contribution in [1.82, 2.24) is 4.90 Å². The van der Waals surface area contributed by atoms with Crippen LogP contribution in [-0.4, -0.2) is 71.0 Å². The Bertz CT molecular complexity index is 1840. The average Bonchev–Trinajstić information content (AvgIpc) is 3.38. The molecule has 1 aliphatic carbocycles. The van der Waals surface area contributed by atoms with Crippen LogP contribution in [0.3, 0.4) is 0 Å². The van der Waals surface area contributed by atoms with Crippen LogP contribution in [-0.2, 0) is 21.2 Å². The van der Waals surface area contributed by atoms with Crippen LogP contribution in [0.1, 0.15) is 49.0 Å². The smallest absolute Gasteiger partial charge is 0.393 e. The van der Waals surface area contributed by atoms with E-state index in [0.29, 0.717) is 27.4 Å². The summed E-state index contributed by atoms with van der Waals surface area (Å²) in [6, 6.07) is 12.0. The Balaban J connectivity index is 1.15. The lowest BCUT2D eigenvalue weighted by Gasteiger charge is -2.56. The monoisotopic (exact) mass is 701 g/mol. The molecular weight excluding hydrogens is 664 g/mol. The van der Waals surface area contributed by atoms with Crippen molar-refractivity contribution in [1.29, 1.82) is 5.26 Å². The number of nitriles is 1. The number of anilines is 2. The normalized spacial score (nSPS) is 21.1. The minimum atomic E-state index is -4.41. The Morgan fingerprint density at radius 3 is 2.54 bits per heavy atom. The molecular formula is C34H38F3N5O4S2. The molecule has 1 spiro atoms. The van der Waals surface area contributed by atoms with Crippen LogP contribution in [0, 0.1) is 28.6 Å². The number of thiophene rings is 1. The number of sulfonamides is 1. The third-order valence-electron chi connectivity index (χ3n) is 9.54. The Morgan fingerprint density at radius 1 is 1.10 bits per heavy atom. The molecule has 48 heavy (non-hydrogen) atoms. The van der Waals surface area contributed by atoms with E-state index in [-0.39, 0.29) is 35.4 Å². The van der Waals surface area contributed by atoms with E-state index in [0.717, 1.165) is 75.2 Å². The third kappa shape index (κ3) is 8.01. The van der Waals surface area contributed by atoms with Crippen molar-refractivity contribution in [2.75, 3.05) is 50.1 Å². The first kappa shape index (κ1) is 34.3. The molecule has 6 rings (SSSR count). The fraction of sp³-hybridized carbons (Fsp3) is 0.500. The van der Waals surface area contributed by atoms with Crippen molar-refractivity contribution < 1.29 is 31.1 Å². The topological polar surface area (TPSA) is 130 Å². The minimum Gasteiger partial charge on any atom is -0.477 e. The molecule has 0 amide bonds. The number of fused-ring (bicyclic) bond motifs is 1. The van der Waals surface area contributed by atoms with Gasteiger partial charge in [-0.15, -0.1) is 11.3 Å². The number of halogens is 3. The summed E-state index contributed by atoms with van der Waals surface area (Å²) < 4.78 is 76.4. The molecule has 256 valence electrons. The lowest BCUT2D eigenvalue weighted by molar-refractivity contribution is -0.126. The fourth-order valence-electron chi connectivity index (χ4n) is 7.08. The number of hydrogen-bond acceptors (Lipinski definition) is 9. The van der Waals surface area contributed by atoms with Crippen LogP contribution < -0.4 is 20.5 Å². The van der Waals surface area contributed by atoms with Gasteiger partial charge in [0.15, 0.2) is 6.61 Å². The maximum Gasteiger partial charge on any atom is 0.393 e. The first-order valence-electron chi connectivity index (χ1n) is 16.0. The second-order valence-electron chi connectivity index (χ2n) is 12.9. The lowest BCUT2D eigenvalue weighted by atomic mass is 9.71. The van der Waals surface area contributed by atoms with Crippen molar-refractivity contribution in [3.63, 3.8) is 0 Å². The number of ether oxygens (including phenoxy) is 2. The van der Waals surface area contributed by atoms with Gasteiger partial charge < -0.3 is 20.1 Å². The summed E-state index contributed by atoms with van der Waals surface area (Å²) in [5.74, 6) is 5.92. The number of benzene rings is 2. The van der Waals surface area contributed by atoms with Crippen molar-refractivity contribution in [2.45, 2.75) is 68.1 Å². The standard InChI is InChI=1S/C34H38F3N5O4S2/c35-34(36,37)20-27-26-3-1-4-29(41-23-6-8-24(9-7-23)42-21-33(22-42)12-16-45-17-13-33)32(26)47-31(27)5-2-15-40-28-11-10-25(48(39,43)44)19-30(28)46-18-14-38/h1,3-4,10-11,19,23-24,40-41H,6-9,12-13,15-18,20-22H2,(H2,39,43,44). The molecule has 2 saturated heterocycles. The largest absolute Gasteiger partial charge is 0.477 e. The number of rotatable bonds is 9. The first-order chi connectivity index (χ1) is 22.9. The SMILES string of the molecule is N#CCOc1cc(S(N)(=O)=O)ccc1NCC#Cc1sc2c(NC3CCC(N4CC5(CCOCC5)C4)CC3)cccc2c1CC(F)(F)F. The number of hydrogen-bond donors (Lipinski definition) is 3. The second kappa shape index (κ2) is 14.1. The van der Waals surface area contributed by atoms with Crippen LogP contribution in [0.5, 0.6) is 5.75 Å². The number of alkyl halides is 3. The van der Waals surface area contributed by atoms with Crippen molar-refractivity contribution in [3.8, 4) is 23.7 Å². The van der Waals surface area contributed by atoms with E-state index in [1.54, 1.807) is 12.1 Å². The summed E-state index contributed by atoms with van der Waals surface area (Å²) >= 11 is 1.25. The highest BCUT2D eigenvalue weighted by Crippen LogP contribution is 2.44. The summed E-state index contributed by atoms with van der Waals surface area (Å²) in [5, 5.41) is 21.3. The van der Waals surface area contributed by atoms with Crippen LogP contribution in [0.25, 0.3) is 10.1 Å². The number of nitrogens with two attached hydrogens (primary N) is 1. The Morgan fingerprint density at radius 2 is 1.85 bits per heavy atom. The van der Waals surface area contributed by atoms with Crippen LogP contribution in [0.2, 0.25) is 0 Å². The van der Waals surface area contributed by atoms with Gasteiger partial charge in [0.05, 0.1) is 38.8 Å². The minimum absolute atomic E-state index is 0.0254. The molecule has 3 heterocycles. The summed E-state index contributed by atoms with van der Waals surface area (Å²) in [6.07, 6.45) is 1.01. The second-order valence-corrected chi connectivity index (χ2v) is 15.4. The zero-order chi connectivity index (χ0) is 33.9. The first-order valence-corrected chi connectivity index (χ1v) is 18.4. The molecule has 3 fully saturated rings. The van der Waals surface area contributed by atoms with Gasteiger partial charge in [-0.05, 0) is 67.7 Å². The van der Waals surface area contributed by atoms with Gasteiger partial charge >= 0.3 is 6.18 Å². The average molecular weight is 702 g/mol. The molecule has 0 unspecified atom stereocenters. The van der Waals surface area contributed by atoms with Gasteiger partial charge in [0, 0.05) is 49.9 Å². The van der Waals surface area contributed by atoms with Gasteiger partial charge in [-0.3, -0.25) is 4.90 Å². The van der Waals surface area contributed by atoms with Crippen molar-refractivity contribution >= 4 is 42.8 Å². The molecule has 2 aliphatic heterocycles. The summed E-state index contributed by atoms with van der Waals surface area (Å²) in [5.41, 5.74) is 1.79. The zero-order valence-electron chi connectivity index (χ0n) is 26.4. The summed E-state index contributed by atoms with van der Waals surface area (Å²) in [6.45, 7) is 3.76. The highest BCUT2D eigenvalue weighted by atomic mass is 32.2. The molecule has 2 aromatic carbocycles. The van der Waals surface area contributed by atoms with Crippen LogP contribution in [0.4, 0.5) is 24.5 Å². The van der Waals surface area contributed by atoms with Gasteiger partial charge in [0.1, 0.15) is 11.8 Å². The third-order valence-corrected chi connectivity index (χ3v) is 11.6. The van der Waals surface area contributed by atoms with E-state index in [2.05, 4.69) is 27.4 Å². The van der Waals surface area contributed by atoms with Crippen LogP contribution in [0.15, 0.2) is 41.3 Å². The number of nitrogens with zero attached hydrogens (tertiary/aromatic N) is 2. The van der Waals surface area contributed by atoms with Crippen LogP contribution >= 0.6 is 11.3 Å². The van der Waals surface area contributed by atoms with E-state index >= 15 is 0 Å². The number of likely N-dealkylation sites (tertiary alicyclic amines) is 1. The highest BCUT2D eigenvalue weighted by molar-refractivity contribution is 7.89. The van der Waals surface area contributed by atoms with Gasteiger partial charge in [0.25, 0.3) is 0 Å². The molecule has 0 bridgehead atoms. The maximum atomic E-state index is 13.8. The van der Waals surface area contributed by atoms with E-state index in [1.807, 2.05) is 12.1 Å². The van der Waals surface area contributed by atoms with Crippen molar-refractivity contribution in [2.24, 2.45) is 10.6 Å². The van der Waals surface area contributed by atoms with E-state index in [4.69, 9.17) is 19.9 Å². The molecule has 0 atom stereocenters. The molecule has 3 aliphatic rings. The fourth-order valence-corrected chi connectivity index (χ4v) is 8.78. The molecule has 1 saturated carbocycles. The Kier molecular flexibility index (Phi) is 10.1. The molecule has 9 nitrogen and oxygen atoms in total. The maximum absolute atomic E-state index is 13.8. The van der Waals surface area contributed by atoms with Gasteiger partial charge in [0.2, 0.25) is 10.0 Å². The molecule has 4 N–H and O–H groups in total. The van der Waals surface area contributed by atoms with Gasteiger partial charge in [-0.25, -0.2) is 13.6 Å². The quantitative estimate of drug-likeness (QED) is 0.237. The number of nitrogens with one attached hydrogen (secondary N) is 2. The van der Waals surface area contributed by atoms with E-state index < -0.39 is 22.6 Å².